The first-order chi connectivity index (χ1) is 48.3. The van der Waals surface area contributed by atoms with E-state index in [4.69, 9.17) is 14.2 Å². The summed E-state index contributed by atoms with van der Waals surface area (Å²) in [6.45, 7) is 5.92. The van der Waals surface area contributed by atoms with Gasteiger partial charge in [0.1, 0.15) is 24.5 Å². The van der Waals surface area contributed by atoms with Gasteiger partial charge in [0.15, 0.2) is 29.6 Å². The van der Waals surface area contributed by atoms with E-state index in [1.165, 1.54) is 105 Å². The fourth-order valence-corrected chi connectivity index (χ4v) is 11.7. The summed E-state index contributed by atoms with van der Waals surface area (Å²) in [4.78, 5) is 104. The van der Waals surface area contributed by atoms with Crippen LogP contribution in [0.3, 0.4) is 0 Å². The molecule has 5 aromatic rings. The molecular weight excluding hydrogens is 1290 g/mol. The number of benzene rings is 4. The van der Waals surface area contributed by atoms with Crippen molar-refractivity contribution >= 4 is 91.6 Å². The maximum Gasteiger partial charge on any atom is 0.309 e. The zero-order valence-electron chi connectivity index (χ0n) is 58.0. The Morgan fingerprint density at radius 1 is 0.470 bits per heavy atom. The van der Waals surface area contributed by atoms with Crippen molar-refractivity contribution in [2.75, 3.05) is 70.0 Å². The number of rotatable bonds is 56. The fraction of sp³-hybridized carbons (Fsp3) is 0.556. The molecule has 0 fully saturated rings. The second-order valence-electron chi connectivity index (χ2n) is 25.1. The SMILES string of the molecule is CCCCC[n+]1ccc(/C=C/c2ccc3cc(N(C)CCCCCCCCCCCCNC(=O)CCCCCCCCCCCCC(=O)COCCOCCOCCCC(=O)CCc4c([N+](=O)[O-])cc([N+](=O)[O-])c(Nc5c([N+](=O)[O-])cc([N+](=O)[O-])cc5[N+](=O)[O-])c4[N+](=O)[O-])ccc3c2)cc1. The van der Waals surface area contributed by atoms with E-state index < -0.39 is 99.2 Å². The summed E-state index contributed by atoms with van der Waals surface area (Å²) in [7, 11) is 2.20. The van der Waals surface area contributed by atoms with Gasteiger partial charge < -0.3 is 29.7 Å². The van der Waals surface area contributed by atoms with Gasteiger partial charge in [-0.25, -0.2) is 4.57 Å². The molecule has 544 valence electrons. The molecule has 0 unspecified atom stereocenters. The molecule has 2 N–H and O–H groups in total. The van der Waals surface area contributed by atoms with E-state index in [1.54, 1.807) is 0 Å². The van der Waals surface area contributed by atoms with Gasteiger partial charge in [-0.2, -0.15) is 0 Å². The Bertz CT molecular complexity index is 3480. The second kappa shape index (κ2) is 46.1. The highest BCUT2D eigenvalue weighted by Gasteiger charge is 2.40. The number of hydrogen-bond acceptors (Lipinski definition) is 20. The van der Waals surface area contributed by atoms with Crippen LogP contribution in [0.25, 0.3) is 22.9 Å². The van der Waals surface area contributed by atoms with Crippen molar-refractivity contribution in [3.05, 3.63) is 156 Å². The predicted octanol–water partition coefficient (Wildman–Crippen LogP) is 16.4. The Morgan fingerprint density at radius 2 is 0.980 bits per heavy atom. The van der Waals surface area contributed by atoms with Gasteiger partial charge in [0, 0.05) is 76.7 Å². The Morgan fingerprint density at radius 3 is 1.56 bits per heavy atom. The summed E-state index contributed by atoms with van der Waals surface area (Å²) in [6.07, 6.45) is 35.1. The van der Waals surface area contributed by atoms with Crippen molar-refractivity contribution in [2.24, 2.45) is 0 Å². The maximum atomic E-state index is 12.8. The number of non-ortho nitro benzene ring substituents is 1. The van der Waals surface area contributed by atoms with Crippen LogP contribution < -0.4 is 20.1 Å². The zero-order chi connectivity index (χ0) is 72.4. The number of ether oxygens (including phenoxy) is 3. The molecule has 28 nitrogen and oxygen atoms in total. The summed E-state index contributed by atoms with van der Waals surface area (Å²) in [5.41, 5.74) is -7.41. The number of nitro benzene ring substituents is 6. The first-order valence-corrected chi connectivity index (χ1v) is 35.2. The van der Waals surface area contributed by atoms with Gasteiger partial charge in [0.05, 0.1) is 74.2 Å². The number of pyridine rings is 1. The highest BCUT2D eigenvalue weighted by atomic mass is 16.7. The number of nitrogens with one attached hydrogen (secondary N) is 2. The van der Waals surface area contributed by atoms with E-state index >= 15 is 0 Å². The lowest BCUT2D eigenvalue weighted by molar-refractivity contribution is -0.697. The number of ketones is 2. The lowest BCUT2D eigenvalue weighted by Crippen LogP contribution is -2.32. The number of unbranched alkanes of at least 4 members (excludes halogenated alkanes) is 20. The number of carbonyl (C=O) groups excluding carboxylic acids is 3. The van der Waals surface area contributed by atoms with Crippen LogP contribution in [0, 0.1) is 60.7 Å². The number of amides is 1. The molecule has 4 aromatic carbocycles. The Labute approximate surface area is 583 Å². The van der Waals surface area contributed by atoms with Gasteiger partial charge >= 0.3 is 22.7 Å². The van der Waals surface area contributed by atoms with E-state index in [0.29, 0.717) is 18.9 Å². The standard InChI is InChI=1S/C72H98N10O18/c1-3-4-24-42-76-43-38-56(39-44-76)30-31-57-32-33-59-51-60(35-34-58(59)50-57)75(2)41-25-20-16-12-8-7-11-15-19-23-40-73-69(85)29-22-18-14-10-6-5-9-13-17-21-27-63(84)55-100-49-48-99-47-46-98-45-26-28-62(83)36-37-64-65(78(88)89)54-68(81(94)95)71(72(64)82(96)97)74-70-66(79(90)91)52-61(77(86)87)53-67(70)80(92)93/h30-35,38-39,43-44,50-54,74H,3-29,36-37,40-42,45-49,55H2,1-2H3/p+1. The van der Waals surface area contributed by atoms with Gasteiger partial charge in [0.25, 0.3) is 11.4 Å². The fourth-order valence-electron chi connectivity index (χ4n) is 11.7. The van der Waals surface area contributed by atoms with Gasteiger partial charge in [0.2, 0.25) is 5.91 Å². The highest BCUT2D eigenvalue weighted by molar-refractivity contribution is 5.91. The molecule has 28 heteroatoms. The van der Waals surface area contributed by atoms with Crippen LogP contribution in [0.2, 0.25) is 0 Å². The van der Waals surface area contributed by atoms with Crippen LogP contribution in [0.4, 0.5) is 51.2 Å². The van der Waals surface area contributed by atoms with Crippen molar-refractivity contribution in [2.45, 2.75) is 200 Å². The molecular formula is C72H99N10O18+. The molecule has 1 heterocycles. The molecule has 0 atom stereocenters. The van der Waals surface area contributed by atoms with Crippen LogP contribution in [-0.2, 0) is 41.6 Å². The quantitative estimate of drug-likeness (QED) is 0.0158. The first kappa shape index (κ1) is 81.4. The Balaban J connectivity index is 0.775. The molecule has 1 aromatic heterocycles. The monoisotopic (exact) mass is 1390 g/mol. The molecule has 0 aliphatic rings. The molecule has 0 radical (unpaired) electrons. The van der Waals surface area contributed by atoms with Crippen LogP contribution in [0.5, 0.6) is 0 Å². The van der Waals surface area contributed by atoms with Crippen molar-refractivity contribution < 1.29 is 62.7 Å². The van der Waals surface area contributed by atoms with Gasteiger partial charge in [-0.3, -0.25) is 75.1 Å². The number of fused-ring (bicyclic) bond motifs is 1. The molecule has 0 saturated carbocycles. The third-order valence-electron chi connectivity index (χ3n) is 17.3. The van der Waals surface area contributed by atoms with Crippen molar-refractivity contribution in [1.82, 2.24) is 5.32 Å². The molecule has 0 aliphatic heterocycles. The number of nitrogens with zero attached hydrogens (tertiary/aromatic N) is 8. The molecule has 1 amide bonds. The smallest absolute Gasteiger partial charge is 0.309 e. The highest BCUT2D eigenvalue weighted by Crippen LogP contribution is 2.48. The number of anilines is 3. The number of aryl methyl sites for hydroxylation is 1. The first-order valence-electron chi connectivity index (χ1n) is 35.2. The lowest BCUT2D eigenvalue weighted by Gasteiger charge is -2.20. The predicted molar refractivity (Wildman–Crippen MR) is 383 cm³/mol. The molecule has 0 spiro atoms. The van der Waals surface area contributed by atoms with Gasteiger partial charge in [-0.15, -0.1) is 0 Å². The van der Waals surface area contributed by atoms with Gasteiger partial charge in [-0.05, 0) is 85.0 Å². The summed E-state index contributed by atoms with van der Waals surface area (Å²) < 4.78 is 18.6. The average Bonchev–Trinajstić information content (AvgIpc) is 0.761. The Hall–Kier alpha value is -9.28. The van der Waals surface area contributed by atoms with Crippen molar-refractivity contribution in [3.8, 4) is 0 Å². The van der Waals surface area contributed by atoms with E-state index in [-0.39, 0.29) is 76.3 Å². The van der Waals surface area contributed by atoms with Crippen LogP contribution in [0.1, 0.15) is 203 Å². The van der Waals surface area contributed by atoms with Gasteiger partial charge in [-0.1, -0.05) is 146 Å². The molecule has 0 saturated heterocycles. The third-order valence-corrected chi connectivity index (χ3v) is 17.3. The summed E-state index contributed by atoms with van der Waals surface area (Å²) >= 11 is 0. The average molecular weight is 1390 g/mol. The van der Waals surface area contributed by atoms with E-state index in [0.717, 1.165) is 90.3 Å². The van der Waals surface area contributed by atoms with Crippen LogP contribution in [-0.4, -0.2) is 107 Å². The zero-order valence-corrected chi connectivity index (χ0v) is 58.0. The number of carbonyl (C=O) groups is 3. The second-order valence-corrected chi connectivity index (χ2v) is 25.1. The number of Topliss-reactive ketones (excluding diaryl/α,β-unsaturated/α-hetero) is 2. The van der Waals surface area contributed by atoms with Crippen molar-refractivity contribution in [1.29, 1.82) is 0 Å². The number of nitro groups is 6. The number of aromatic nitrogens is 1. The molecule has 0 aliphatic carbocycles. The minimum absolute atomic E-state index is 0.0111. The lowest BCUT2D eigenvalue weighted by atomic mass is 9.99. The maximum absolute atomic E-state index is 12.8. The normalized spacial score (nSPS) is 11.3. The summed E-state index contributed by atoms with van der Waals surface area (Å²) in [5, 5.41) is 79.2. The topological polar surface area (TPSA) is 369 Å². The molecule has 5 rings (SSSR count). The Kier molecular flexibility index (Phi) is 37.6. The largest absolute Gasteiger partial charge is 0.379 e. The van der Waals surface area contributed by atoms with E-state index in [1.807, 2.05) is 5.32 Å². The summed E-state index contributed by atoms with van der Waals surface area (Å²) in [5.74, 6) is -0.363. The van der Waals surface area contributed by atoms with E-state index in [9.17, 15) is 75.1 Å². The van der Waals surface area contributed by atoms with E-state index in [2.05, 4.69) is 102 Å². The minimum atomic E-state index is -1.39. The van der Waals surface area contributed by atoms with Crippen LogP contribution >= 0.6 is 0 Å². The van der Waals surface area contributed by atoms with Crippen molar-refractivity contribution in [3.63, 3.8) is 0 Å². The summed E-state index contributed by atoms with van der Waals surface area (Å²) in [6, 6.07) is 18.7. The molecule has 0 bridgehead atoms. The third kappa shape index (κ3) is 30.1. The van der Waals surface area contributed by atoms with Crippen LogP contribution in [0.15, 0.2) is 79.1 Å². The number of hydrogen-bond donors (Lipinski definition) is 2. The molecule has 100 heavy (non-hydrogen) atoms. The minimum Gasteiger partial charge on any atom is -0.379 e.